The minimum absolute atomic E-state index is 1.37. The van der Waals surface area contributed by atoms with E-state index in [-0.39, 0.29) is 0 Å². The van der Waals surface area contributed by atoms with Gasteiger partial charge < -0.3 is 20.4 Å². The van der Waals surface area contributed by atoms with E-state index in [0.29, 0.717) is 0 Å². The molecule has 0 aromatic rings. The third kappa shape index (κ3) is 3.50. The zero-order valence-corrected chi connectivity index (χ0v) is 4.27. The molecule has 50 valence electrons. The van der Waals surface area contributed by atoms with E-state index in [4.69, 9.17) is 10.0 Å². The van der Waals surface area contributed by atoms with Crippen molar-refractivity contribution in [1.29, 1.82) is 0 Å². The lowest BCUT2D eigenvalue weighted by Crippen LogP contribution is -2.31. The molecule has 0 fully saturated rings. The van der Waals surface area contributed by atoms with Gasteiger partial charge in [-0.25, -0.2) is 4.79 Å². The van der Waals surface area contributed by atoms with Crippen molar-refractivity contribution in [3.8, 4) is 0 Å². The molecule has 0 unspecified atom stereocenters. The van der Waals surface area contributed by atoms with Crippen molar-refractivity contribution in [1.82, 2.24) is 0 Å². The third-order valence-electron chi connectivity index (χ3n) is 0.414. The Morgan fingerprint density at radius 2 is 1.89 bits per heavy atom. The largest absolute Gasteiger partial charge is 0.709 e. The fourth-order valence-electron chi connectivity index (χ4n) is 0.154. The second kappa shape index (κ2) is 3.05. The highest BCUT2D eigenvalue weighted by Crippen LogP contribution is 1.75. The summed E-state index contributed by atoms with van der Waals surface area (Å²) >= 11 is 0. The summed E-state index contributed by atoms with van der Waals surface area (Å²) in [5, 5.41) is 15.8. The summed E-state index contributed by atoms with van der Waals surface area (Å²) in [7, 11) is -2.29. The van der Waals surface area contributed by atoms with Crippen LogP contribution >= 0.6 is 0 Å². The minimum atomic E-state index is -2.29. The van der Waals surface area contributed by atoms with Crippen LogP contribution in [0, 0.1) is 0 Å². The number of carbonyl (C=O) groups excluding carboxylic acids is 2. The Kier molecular flexibility index (Phi) is 2.69. The highest BCUT2D eigenvalue weighted by molar-refractivity contribution is 6.44. The van der Waals surface area contributed by atoms with Crippen LogP contribution in [-0.4, -0.2) is 29.2 Å². The lowest BCUT2D eigenvalue weighted by Gasteiger charge is -1.96. The average Bonchev–Trinajstić information content (AvgIpc) is 1.63. The van der Waals surface area contributed by atoms with Crippen molar-refractivity contribution in [3.63, 3.8) is 0 Å². The van der Waals surface area contributed by atoms with Gasteiger partial charge in [-0.15, -0.1) is 0 Å². The van der Waals surface area contributed by atoms with Gasteiger partial charge in [0.15, 0.2) is 0 Å². The number of amides is 1. The molecule has 0 aliphatic carbocycles. The second-order valence-electron chi connectivity index (χ2n) is 1.10. The molecule has 4 N–H and O–H groups in total. The number of rotatable bonds is 1. The molecule has 1 amide bonds. The van der Waals surface area contributed by atoms with Crippen molar-refractivity contribution in [2.24, 2.45) is 5.73 Å². The van der Waals surface area contributed by atoms with E-state index < -0.39 is 19.2 Å². The summed E-state index contributed by atoms with van der Waals surface area (Å²) in [6, 6.07) is 0. The normalized spacial score (nSPS) is 8.22. The molecule has 0 aromatic carbocycles. The van der Waals surface area contributed by atoms with E-state index >= 15 is 0 Å². The third-order valence-corrected chi connectivity index (χ3v) is 0.414. The predicted molar refractivity (Wildman–Crippen MR) is 25.5 cm³/mol. The maximum absolute atomic E-state index is 9.94. The van der Waals surface area contributed by atoms with Gasteiger partial charge in [0, 0.05) is 0 Å². The van der Waals surface area contributed by atoms with Crippen LogP contribution in [0.4, 0.5) is 0 Å². The van der Waals surface area contributed by atoms with Gasteiger partial charge in [-0.3, -0.25) is 4.79 Å². The van der Waals surface area contributed by atoms with Crippen LogP contribution in [0.3, 0.4) is 0 Å². The maximum atomic E-state index is 9.94. The van der Waals surface area contributed by atoms with Gasteiger partial charge in [0.1, 0.15) is 0 Å². The lowest BCUT2D eigenvalue weighted by atomic mass is 10.3. The average molecular weight is 133 g/mol. The summed E-state index contributed by atoms with van der Waals surface area (Å²) in [5.74, 6) is -2.85. The second-order valence-corrected chi connectivity index (χ2v) is 1.10. The quantitative estimate of drug-likeness (QED) is 0.260. The zero-order valence-electron chi connectivity index (χ0n) is 4.27. The Hall–Kier alpha value is -1.08. The molecule has 0 radical (unpaired) electrons. The van der Waals surface area contributed by atoms with Crippen molar-refractivity contribution in [2.45, 2.75) is 0 Å². The molecule has 6 nitrogen and oxygen atoms in total. The Labute approximate surface area is 50.4 Å². The molecule has 9 heavy (non-hydrogen) atoms. The van der Waals surface area contributed by atoms with Gasteiger partial charge in [-0.05, 0) is 0 Å². The molecule has 0 rings (SSSR count). The molecule has 0 spiro atoms. The Morgan fingerprint density at radius 3 is 2.00 bits per heavy atom. The van der Waals surface area contributed by atoms with Crippen LogP contribution in [0.1, 0.15) is 0 Å². The van der Waals surface area contributed by atoms with Crippen molar-refractivity contribution >= 4 is 19.2 Å². The van der Waals surface area contributed by atoms with Gasteiger partial charge in [0.25, 0.3) is 0 Å². The van der Waals surface area contributed by atoms with Gasteiger partial charge in [0.05, 0.1) is 0 Å². The Bertz CT molecular complexity index is 133. The smallest absolute Gasteiger partial charge is 0.478 e. The molecule has 0 aliphatic heterocycles. The fraction of sp³-hybridized carbons (Fsp3) is 0. The van der Waals surface area contributed by atoms with E-state index in [9.17, 15) is 9.59 Å². The number of hydrogen-bond acceptors (Lipinski definition) is 5. The minimum Gasteiger partial charge on any atom is -0.478 e. The van der Waals surface area contributed by atoms with Gasteiger partial charge in [-0.2, -0.15) is 0 Å². The Morgan fingerprint density at radius 1 is 1.44 bits per heavy atom. The summed E-state index contributed by atoms with van der Waals surface area (Å²) in [5.41, 5.74) is 4.35. The number of nitrogens with two attached hydrogens (primary N) is 1. The monoisotopic (exact) mass is 133 g/mol. The SMILES string of the molecule is NC(=O)C(=O)OB(O)O. The zero-order chi connectivity index (χ0) is 7.44. The molecule has 0 atom stereocenters. The topological polar surface area (TPSA) is 110 Å². The summed E-state index contributed by atoms with van der Waals surface area (Å²) in [6.07, 6.45) is 0. The molecular weight excluding hydrogens is 129 g/mol. The first kappa shape index (κ1) is 7.92. The molecule has 0 saturated heterocycles. The molecule has 0 aliphatic rings. The maximum Gasteiger partial charge on any atom is 0.709 e. The molecule has 0 bridgehead atoms. The lowest BCUT2D eigenvalue weighted by molar-refractivity contribution is -0.148. The molecular formula is C2H4BNO5. The summed E-state index contributed by atoms with van der Waals surface area (Å²) in [6.45, 7) is 0. The first-order valence-electron chi connectivity index (χ1n) is 1.90. The van der Waals surface area contributed by atoms with Crippen LogP contribution in [0.5, 0.6) is 0 Å². The van der Waals surface area contributed by atoms with Crippen LogP contribution in [0.15, 0.2) is 0 Å². The molecule has 0 heterocycles. The van der Waals surface area contributed by atoms with Crippen LogP contribution < -0.4 is 5.73 Å². The van der Waals surface area contributed by atoms with E-state index in [0.717, 1.165) is 0 Å². The van der Waals surface area contributed by atoms with Gasteiger partial charge in [0.2, 0.25) is 0 Å². The first-order chi connectivity index (χ1) is 4.04. The highest BCUT2D eigenvalue weighted by Gasteiger charge is 2.19. The predicted octanol–water partition coefficient (Wildman–Crippen LogP) is -3.02. The summed E-state index contributed by atoms with van der Waals surface area (Å²) in [4.78, 5) is 19.7. The Balaban J connectivity index is 3.65. The fourth-order valence-corrected chi connectivity index (χ4v) is 0.154. The molecule has 0 aromatic heterocycles. The van der Waals surface area contributed by atoms with E-state index in [1.54, 1.807) is 0 Å². The number of carbonyl (C=O) groups is 2. The van der Waals surface area contributed by atoms with Crippen molar-refractivity contribution < 1.29 is 24.3 Å². The van der Waals surface area contributed by atoms with E-state index in [1.807, 2.05) is 0 Å². The van der Waals surface area contributed by atoms with Gasteiger partial charge >= 0.3 is 19.2 Å². The standard InChI is InChI=1S/C2H4BNO5/c4-1(5)2(6)9-3(7)8/h7-8H,(H2,4,5). The van der Waals surface area contributed by atoms with Crippen molar-refractivity contribution in [3.05, 3.63) is 0 Å². The van der Waals surface area contributed by atoms with E-state index in [2.05, 4.69) is 10.4 Å². The van der Waals surface area contributed by atoms with Gasteiger partial charge in [-0.1, -0.05) is 0 Å². The summed E-state index contributed by atoms with van der Waals surface area (Å²) < 4.78 is 3.51. The van der Waals surface area contributed by atoms with Crippen molar-refractivity contribution in [2.75, 3.05) is 0 Å². The highest BCUT2D eigenvalue weighted by atomic mass is 16.6. The number of primary amides is 1. The number of hydrogen-bond donors (Lipinski definition) is 3. The molecule has 0 saturated carbocycles. The first-order valence-corrected chi connectivity index (χ1v) is 1.90. The van der Waals surface area contributed by atoms with Crippen LogP contribution in [0.2, 0.25) is 0 Å². The van der Waals surface area contributed by atoms with Crippen LogP contribution in [0.25, 0.3) is 0 Å². The van der Waals surface area contributed by atoms with E-state index in [1.165, 1.54) is 0 Å². The van der Waals surface area contributed by atoms with Crippen LogP contribution in [-0.2, 0) is 14.2 Å². The molecule has 7 heteroatoms.